The number of carbonyl (C=O) groups excluding carboxylic acids is 3. The van der Waals surface area contributed by atoms with Crippen LogP contribution in [0.15, 0.2) is 30.3 Å². The number of imide groups is 1. The van der Waals surface area contributed by atoms with Gasteiger partial charge in [-0.15, -0.1) is 0 Å². The van der Waals surface area contributed by atoms with Crippen molar-refractivity contribution in [3.8, 4) is 0 Å². The molecule has 1 N–H and O–H groups in total. The summed E-state index contributed by atoms with van der Waals surface area (Å²) >= 11 is 0. The molecule has 2 heterocycles. The lowest BCUT2D eigenvalue weighted by Crippen LogP contribution is -2.51. The van der Waals surface area contributed by atoms with Crippen LogP contribution < -0.4 is 5.32 Å². The maximum atomic E-state index is 12.7. The Balaban J connectivity index is 1.16. The molecule has 7 heteroatoms. The number of benzene rings is 1. The Bertz CT molecular complexity index is 768. The Hall–Kier alpha value is -2.41. The summed E-state index contributed by atoms with van der Waals surface area (Å²) < 4.78 is 0. The molecular formula is C23H32N4O3. The van der Waals surface area contributed by atoms with E-state index in [1.807, 2.05) is 23.1 Å². The van der Waals surface area contributed by atoms with E-state index in [2.05, 4.69) is 22.3 Å². The predicted octanol–water partition coefficient (Wildman–Crippen LogP) is 2.02. The second-order valence-electron chi connectivity index (χ2n) is 8.74. The van der Waals surface area contributed by atoms with Crippen molar-refractivity contribution in [2.24, 2.45) is 0 Å². The molecule has 0 unspecified atom stereocenters. The SMILES string of the molecule is O=C(CCCc1ccccc1)N1CCN(CCN2C(=O)NC3(CCCC3)C2=O)CC1. The van der Waals surface area contributed by atoms with Crippen molar-refractivity contribution in [1.82, 2.24) is 20.0 Å². The molecule has 7 nitrogen and oxygen atoms in total. The molecule has 1 aromatic carbocycles. The first-order chi connectivity index (χ1) is 14.6. The van der Waals surface area contributed by atoms with E-state index >= 15 is 0 Å². The number of aryl methyl sites for hydroxylation is 1. The molecule has 2 saturated heterocycles. The summed E-state index contributed by atoms with van der Waals surface area (Å²) in [5.74, 6) is 0.181. The molecule has 162 valence electrons. The fourth-order valence-electron chi connectivity index (χ4n) is 4.91. The smallest absolute Gasteiger partial charge is 0.325 e. The van der Waals surface area contributed by atoms with E-state index in [1.165, 1.54) is 10.5 Å². The van der Waals surface area contributed by atoms with Gasteiger partial charge in [-0.25, -0.2) is 4.79 Å². The third-order valence-corrected chi connectivity index (χ3v) is 6.77. The van der Waals surface area contributed by atoms with E-state index in [4.69, 9.17) is 0 Å². The second-order valence-corrected chi connectivity index (χ2v) is 8.74. The molecule has 1 spiro atoms. The largest absolute Gasteiger partial charge is 0.340 e. The van der Waals surface area contributed by atoms with Crippen LogP contribution in [0.25, 0.3) is 0 Å². The molecule has 4 rings (SSSR count). The zero-order valence-electron chi connectivity index (χ0n) is 17.6. The van der Waals surface area contributed by atoms with Crippen LogP contribution >= 0.6 is 0 Å². The minimum Gasteiger partial charge on any atom is -0.340 e. The summed E-state index contributed by atoms with van der Waals surface area (Å²) in [4.78, 5) is 43.1. The Kier molecular flexibility index (Phi) is 6.37. The molecule has 3 fully saturated rings. The Morgan fingerprint density at radius 3 is 2.37 bits per heavy atom. The standard InChI is InChI=1S/C23H32N4O3/c28-20(10-6-9-19-7-2-1-3-8-19)26-16-13-25(14-17-26)15-18-27-21(29)23(24-22(27)30)11-4-5-12-23/h1-3,7-8H,4-6,9-18H2,(H,24,30). The van der Waals surface area contributed by atoms with E-state index < -0.39 is 5.54 Å². The lowest BCUT2D eigenvalue weighted by Gasteiger charge is -2.35. The highest BCUT2D eigenvalue weighted by atomic mass is 16.2. The van der Waals surface area contributed by atoms with Crippen molar-refractivity contribution in [2.75, 3.05) is 39.3 Å². The van der Waals surface area contributed by atoms with Gasteiger partial charge in [-0.05, 0) is 31.2 Å². The van der Waals surface area contributed by atoms with E-state index in [1.54, 1.807) is 0 Å². The summed E-state index contributed by atoms with van der Waals surface area (Å²) in [6.45, 7) is 4.11. The highest BCUT2D eigenvalue weighted by Gasteiger charge is 2.52. The van der Waals surface area contributed by atoms with Crippen molar-refractivity contribution in [1.29, 1.82) is 0 Å². The molecule has 4 amide bonds. The monoisotopic (exact) mass is 412 g/mol. The molecule has 0 radical (unpaired) electrons. The van der Waals surface area contributed by atoms with E-state index in [0.29, 0.717) is 32.6 Å². The van der Waals surface area contributed by atoms with Gasteiger partial charge in [0.25, 0.3) is 5.91 Å². The summed E-state index contributed by atoms with van der Waals surface area (Å²) in [6.07, 6.45) is 5.91. The van der Waals surface area contributed by atoms with Crippen LogP contribution in [-0.2, 0) is 16.0 Å². The van der Waals surface area contributed by atoms with E-state index in [0.717, 1.165) is 51.6 Å². The predicted molar refractivity (Wildman–Crippen MR) is 114 cm³/mol. The first kappa shape index (κ1) is 20.8. The number of amides is 4. The molecule has 1 aromatic rings. The van der Waals surface area contributed by atoms with Crippen LogP contribution in [0, 0.1) is 0 Å². The summed E-state index contributed by atoms with van der Waals surface area (Å²) in [5.41, 5.74) is 0.650. The van der Waals surface area contributed by atoms with Crippen molar-refractivity contribution < 1.29 is 14.4 Å². The Morgan fingerprint density at radius 2 is 1.67 bits per heavy atom. The number of carbonyl (C=O) groups is 3. The van der Waals surface area contributed by atoms with Crippen LogP contribution in [0.4, 0.5) is 4.79 Å². The maximum Gasteiger partial charge on any atom is 0.325 e. The average Bonchev–Trinajstić information content (AvgIpc) is 3.32. The number of urea groups is 1. The van der Waals surface area contributed by atoms with Crippen molar-refractivity contribution in [3.05, 3.63) is 35.9 Å². The lowest BCUT2D eigenvalue weighted by molar-refractivity contribution is -0.133. The summed E-state index contributed by atoms with van der Waals surface area (Å²) in [5, 5.41) is 2.94. The van der Waals surface area contributed by atoms with Crippen molar-refractivity contribution >= 4 is 17.8 Å². The van der Waals surface area contributed by atoms with Gasteiger partial charge in [-0.3, -0.25) is 19.4 Å². The number of nitrogens with one attached hydrogen (secondary N) is 1. The van der Waals surface area contributed by atoms with Crippen LogP contribution in [0.5, 0.6) is 0 Å². The molecule has 0 aromatic heterocycles. The maximum absolute atomic E-state index is 12.7. The molecule has 2 aliphatic heterocycles. The van der Waals surface area contributed by atoms with E-state index in [9.17, 15) is 14.4 Å². The number of nitrogens with zero attached hydrogens (tertiary/aromatic N) is 3. The zero-order chi connectivity index (χ0) is 21.0. The molecule has 3 aliphatic rings. The highest BCUT2D eigenvalue weighted by Crippen LogP contribution is 2.34. The van der Waals surface area contributed by atoms with Crippen molar-refractivity contribution in [2.45, 2.75) is 50.5 Å². The van der Waals surface area contributed by atoms with Gasteiger partial charge >= 0.3 is 6.03 Å². The summed E-state index contributed by atoms with van der Waals surface area (Å²) in [7, 11) is 0. The molecule has 0 atom stereocenters. The minimum atomic E-state index is -0.623. The first-order valence-corrected chi connectivity index (χ1v) is 11.3. The van der Waals surface area contributed by atoms with Crippen LogP contribution in [0.1, 0.15) is 44.1 Å². The molecule has 0 bridgehead atoms. The fraction of sp³-hybridized carbons (Fsp3) is 0.609. The average molecular weight is 413 g/mol. The van der Waals surface area contributed by atoms with Gasteiger partial charge in [0.1, 0.15) is 5.54 Å². The zero-order valence-corrected chi connectivity index (χ0v) is 17.6. The van der Waals surface area contributed by atoms with Gasteiger partial charge in [0, 0.05) is 45.7 Å². The van der Waals surface area contributed by atoms with Crippen molar-refractivity contribution in [3.63, 3.8) is 0 Å². The van der Waals surface area contributed by atoms with Gasteiger partial charge in [-0.1, -0.05) is 43.2 Å². The molecule has 1 saturated carbocycles. The number of piperazine rings is 1. The number of hydrogen-bond donors (Lipinski definition) is 1. The Morgan fingerprint density at radius 1 is 0.967 bits per heavy atom. The van der Waals surface area contributed by atoms with Crippen LogP contribution in [0.3, 0.4) is 0 Å². The number of rotatable bonds is 7. The topological polar surface area (TPSA) is 73.0 Å². The van der Waals surface area contributed by atoms with Gasteiger partial charge in [0.15, 0.2) is 0 Å². The normalized spacial score (nSPS) is 21.5. The lowest BCUT2D eigenvalue weighted by atomic mass is 9.98. The third kappa shape index (κ3) is 4.51. The van der Waals surface area contributed by atoms with Gasteiger partial charge in [0.05, 0.1) is 0 Å². The molecule has 30 heavy (non-hydrogen) atoms. The minimum absolute atomic E-state index is 0.0442. The number of hydrogen-bond acceptors (Lipinski definition) is 4. The summed E-state index contributed by atoms with van der Waals surface area (Å²) in [6, 6.07) is 10.0. The fourth-order valence-corrected chi connectivity index (χ4v) is 4.91. The Labute approximate surface area is 178 Å². The highest BCUT2D eigenvalue weighted by molar-refractivity contribution is 6.07. The third-order valence-electron chi connectivity index (χ3n) is 6.77. The van der Waals surface area contributed by atoms with Crippen LogP contribution in [0.2, 0.25) is 0 Å². The van der Waals surface area contributed by atoms with Gasteiger partial charge in [-0.2, -0.15) is 0 Å². The first-order valence-electron chi connectivity index (χ1n) is 11.3. The molecular weight excluding hydrogens is 380 g/mol. The van der Waals surface area contributed by atoms with Gasteiger partial charge < -0.3 is 10.2 Å². The second kappa shape index (κ2) is 9.16. The van der Waals surface area contributed by atoms with Gasteiger partial charge in [0.2, 0.25) is 5.91 Å². The molecule has 1 aliphatic carbocycles. The van der Waals surface area contributed by atoms with E-state index in [-0.39, 0.29) is 17.8 Å². The quantitative estimate of drug-likeness (QED) is 0.696. The van der Waals surface area contributed by atoms with Crippen LogP contribution in [-0.4, -0.2) is 77.4 Å².